The van der Waals surface area contributed by atoms with E-state index in [0.717, 1.165) is 13.0 Å². The van der Waals surface area contributed by atoms with Gasteiger partial charge in [0.05, 0.1) is 0 Å². The fraction of sp³-hybridized carbons (Fsp3) is 0.538. The average Bonchev–Trinajstić information content (AvgIpc) is 2.36. The van der Waals surface area contributed by atoms with Crippen LogP contribution < -0.4 is 0 Å². The Kier molecular flexibility index (Phi) is 4.51. The molecule has 0 aromatic heterocycles. The van der Waals surface area contributed by atoms with E-state index < -0.39 is 0 Å². The zero-order valence-corrected chi connectivity index (χ0v) is 9.42. The Labute approximate surface area is 87.8 Å². The smallest absolute Gasteiger partial charge is 0.0390 e. The van der Waals surface area contributed by atoms with Gasteiger partial charge in [-0.15, -0.1) is 0 Å². The maximum atomic E-state index is 3.90. The number of rotatable bonds is 3. The second-order valence-corrected chi connectivity index (χ2v) is 3.80. The molecule has 1 nitrogen and oxygen atoms in total. The molecule has 0 radical (unpaired) electrons. The van der Waals surface area contributed by atoms with Crippen LogP contribution in [-0.4, -0.2) is 18.5 Å². The summed E-state index contributed by atoms with van der Waals surface area (Å²) in [6.45, 7) is 7.23. The van der Waals surface area contributed by atoms with Gasteiger partial charge in [0.25, 0.3) is 0 Å². The first-order chi connectivity index (χ1) is 6.79. The van der Waals surface area contributed by atoms with Crippen molar-refractivity contribution in [1.82, 2.24) is 4.90 Å². The second kappa shape index (κ2) is 5.69. The molecule has 1 rings (SSSR count). The van der Waals surface area contributed by atoms with Gasteiger partial charge in [0.1, 0.15) is 0 Å². The lowest BCUT2D eigenvalue weighted by atomic mass is 10.1. The first-order valence-electron chi connectivity index (χ1n) is 5.52. The average molecular weight is 191 g/mol. The van der Waals surface area contributed by atoms with Crippen molar-refractivity contribution in [3.05, 3.63) is 36.1 Å². The largest absolute Gasteiger partial charge is 0.374 e. The molecule has 1 heteroatoms. The van der Waals surface area contributed by atoms with E-state index in [4.69, 9.17) is 0 Å². The Hall–Kier alpha value is -0.980. The summed E-state index contributed by atoms with van der Waals surface area (Å²) >= 11 is 0. The molecule has 0 saturated carbocycles. The summed E-state index contributed by atoms with van der Waals surface area (Å²) in [6.07, 6.45) is 11.4. The molecule has 1 aliphatic rings. The predicted molar refractivity (Wildman–Crippen MR) is 63.1 cm³/mol. The number of nitrogens with zero attached hydrogens (tertiary/aromatic N) is 1. The highest BCUT2D eigenvalue weighted by Gasteiger charge is 2.10. The van der Waals surface area contributed by atoms with Gasteiger partial charge in [-0.05, 0) is 37.3 Å². The fourth-order valence-electron chi connectivity index (χ4n) is 1.87. The third-order valence-electron chi connectivity index (χ3n) is 2.68. The molecule has 0 aromatic carbocycles. The molecule has 14 heavy (non-hydrogen) atoms. The third-order valence-corrected chi connectivity index (χ3v) is 2.68. The number of hydrogen-bond donors (Lipinski definition) is 0. The van der Waals surface area contributed by atoms with Crippen molar-refractivity contribution in [2.24, 2.45) is 0 Å². The molecule has 0 aliphatic carbocycles. The second-order valence-electron chi connectivity index (χ2n) is 3.80. The standard InChI is InChI=1S/C13H21N/c1-4-6-9-12-10-7-8-11-14(3)13(12)5-2/h5-6,9H,2,4,7-8,10-11H2,1,3H3/b9-6-. The molecule has 0 aromatic rings. The van der Waals surface area contributed by atoms with Gasteiger partial charge in [-0.2, -0.15) is 0 Å². The SMILES string of the molecule is C=CC1=C(/C=C\CC)CCCCN1C. The molecule has 1 heterocycles. The van der Waals surface area contributed by atoms with Crippen LogP contribution >= 0.6 is 0 Å². The highest BCUT2D eigenvalue weighted by molar-refractivity contribution is 5.32. The van der Waals surface area contributed by atoms with Gasteiger partial charge in [-0.1, -0.05) is 25.7 Å². The van der Waals surface area contributed by atoms with E-state index in [1.807, 2.05) is 6.08 Å². The van der Waals surface area contributed by atoms with Crippen molar-refractivity contribution >= 4 is 0 Å². The molecule has 0 fully saturated rings. The van der Waals surface area contributed by atoms with Crippen molar-refractivity contribution < 1.29 is 0 Å². The van der Waals surface area contributed by atoms with Gasteiger partial charge in [0.2, 0.25) is 0 Å². The van der Waals surface area contributed by atoms with Crippen LogP contribution in [0.5, 0.6) is 0 Å². The summed E-state index contributed by atoms with van der Waals surface area (Å²) in [5.74, 6) is 0. The van der Waals surface area contributed by atoms with E-state index in [2.05, 4.69) is 37.6 Å². The highest BCUT2D eigenvalue weighted by Crippen LogP contribution is 2.22. The minimum absolute atomic E-state index is 1.11. The molecule has 0 atom stereocenters. The summed E-state index contributed by atoms with van der Waals surface area (Å²) in [5.41, 5.74) is 2.76. The topological polar surface area (TPSA) is 3.24 Å². The van der Waals surface area contributed by atoms with E-state index in [0.29, 0.717) is 0 Å². The van der Waals surface area contributed by atoms with Crippen LogP contribution in [0.4, 0.5) is 0 Å². The Balaban J connectivity index is 2.89. The van der Waals surface area contributed by atoms with E-state index >= 15 is 0 Å². The molecule has 0 saturated heterocycles. The van der Waals surface area contributed by atoms with Crippen LogP contribution in [0.2, 0.25) is 0 Å². The third kappa shape index (κ3) is 2.76. The van der Waals surface area contributed by atoms with E-state index in [-0.39, 0.29) is 0 Å². The zero-order chi connectivity index (χ0) is 10.4. The van der Waals surface area contributed by atoms with Crippen LogP contribution in [0.15, 0.2) is 36.1 Å². The molecule has 0 bridgehead atoms. The quantitative estimate of drug-likeness (QED) is 0.660. The predicted octanol–water partition coefficient (Wildman–Crippen LogP) is 3.51. The van der Waals surface area contributed by atoms with Crippen LogP contribution in [0.1, 0.15) is 32.6 Å². The summed E-state index contributed by atoms with van der Waals surface area (Å²) in [7, 11) is 2.15. The fourth-order valence-corrected chi connectivity index (χ4v) is 1.87. The van der Waals surface area contributed by atoms with Crippen molar-refractivity contribution in [3.8, 4) is 0 Å². The van der Waals surface area contributed by atoms with Gasteiger partial charge >= 0.3 is 0 Å². The van der Waals surface area contributed by atoms with E-state index in [1.54, 1.807) is 0 Å². The molecule has 0 spiro atoms. The van der Waals surface area contributed by atoms with E-state index in [9.17, 15) is 0 Å². The first-order valence-corrected chi connectivity index (χ1v) is 5.52. The minimum Gasteiger partial charge on any atom is -0.374 e. The maximum Gasteiger partial charge on any atom is 0.0390 e. The summed E-state index contributed by atoms with van der Waals surface area (Å²) < 4.78 is 0. The van der Waals surface area contributed by atoms with Gasteiger partial charge in [0, 0.05) is 19.3 Å². The van der Waals surface area contributed by atoms with Crippen molar-refractivity contribution in [3.63, 3.8) is 0 Å². The van der Waals surface area contributed by atoms with Crippen molar-refractivity contribution in [2.45, 2.75) is 32.6 Å². The monoisotopic (exact) mass is 191 g/mol. The number of hydrogen-bond acceptors (Lipinski definition) is 1. The van der Waals surface area contributed by atoms with Crippen LogP contribution in [0.25, 0.3) is 0 Å². The van der Waals surface area contributed by atoms with Crippen LogP contribution in [0, 0.1) is 0 Å². The van der Waals surface area contributed by atoms with E-state index in [1.165, 1.54) is 30.5 Å². The van der Waals surface area contributed by atoms with Gasteiger partial charge in [0.15, 0.2) is 0 Å². The Bertz CT molecular complexity index is 248. The lowest BCUT2D eigenvalue weighted by molar-refractivity contribution is 0.426. The molecule has 0 N–H and O–H groups in total. The van der Waals surface area contributed by atoms with Crippen molar-refractivity contribution in [1.29, 1.82) is 0 Å². The number of allylic oxidation sites excluding steroid dienone is 4. The molecular formula is C13H21N. The lowest BCUT2D eigenvalue weighted by Gasteiger charge is -2.19. The van der Waals surface area contributed by atoms with Gasteiger partial charge < -0.3 is 4.90 Å². The van der Waals surface area contributed by atoms with Crippen LogP contribution in [0.3, 0.4) is 0 Å². The molecule has 1 aliphatic heterocycles. The highest BCUT2D eigenvalue weighted by atomic mass is 15.1. The molecule has 78 valence electrons. The summed E-state index contributed by atoms with van der Waals surface area (Å²) in [6, 6.07) is 0. The Morgan fingerprint density at radius 3 is 2.86 bits per heavy atom. The summed E-state index contributed by atoms with van der Waals surface area (Å²) in [4.78, 5) is 2.31. The zero-order valence-electron chi connectivity index (χ0n) is 9.42. The maximum absolute atomic E-state index is 3.90. The molecule has 0 amide bonds. The minimum atomic E-state index is 1.11. The van der Waals surface area contributed by atoms with Gasteiger partial charge in [-0.3, -0.25) is 0 Å². The van der Waals surface area contributed by atoms with Gasteiger partial charge in [-0.25, -0.2) is 0 Å². The lowest BCUT2D eigenvalue weighted by Crippen LogP contribution is -2.17. The Morgan fingerprint density at radius 2 is 2.21 bits per heavy atom. The molecular weight excluding hydrogens is 170 g/mol. The normalized spacial score (nSPS) is 18.9. The van der Waals surface area contributed by atoms with Crippen LogP contribution in [-0.2, 0) is 0 Å². The first kappa shape index (κ1) is 11.1. The number of likely N-dealkylation sites (N-methyl/N-ethyl adjacent to an activating group) is 1. The molecule has 0 unspecified atom stereocenters. The van der Waals surface area contributed by atoms with Crippen molar-refractivity contribution in [2.75, 3.05) is 13.6 Å². The Morgan fingerprint density at radius 1 is 1.43 bits per heavy atom. The summed E-state index contributed by atoms with van der Waals surface area (Å²) in [5, 5.41) is 0.